The number of hydrogen-bond donors (Lipinski definition) is 2. The highest BCUT2D eigenvalue weighted by Gasteiger charge is 2.34. The zero-order valence-corrected chi connectivity index (χ0v) is 10.1. The van der Waals surface area contributed by atoms with E-state index in [9.17, 15) is 4.79 Å². The molecule has 2 aliphatic heterocycles. The molecule has 4 nitrogen and oxygen atoms in total. The van der Waals surface area contributed by atoms with Crippen LogP contribution in [-0.4, -0.2) is 35.8 Å². The molecule has 2 saturated heterocycles. The summed E-state index contributed by atoms with van der Waals surface area (Å²) < 4.78 is 0. The van der Waals surface area contributed by atoms with Crippen LogP contribution in [0.5, 0.6) is 0 Å². The summed E-state index contributed by atoms with van der Waals surface area (Å²) in [7, 11) is 0. The number of nitrogens with zero attached hydrogens (tertiary/aromatic N) is 1. The van der Waals surface area contributed by atoms with Crippen LogP contribution in [-0.2, 0) is 4.79 Å². The molecule has 2 heterocycles. The summed E-state index contributed by atoms with van der Waals surface area (Å²) in [5.74, 6) is 1.80. The first kappa shape index (κ1) is 11.4. The lowest BCUT2D eigenvalue weighted by Gasteiger charge is -2.43. The fourth-order valence-corrected chi connectivity index (χ4v) is 2.69. The molecular weight excluding hydrogens is 202 g/mol. The molecule has 4 heteroatoms. The summed E-state index contributed by atoms with van der Waals surface area (Å²) in [5.41, 5.74) is 0. The maximum atomic E-state index is 11.3. The molecule has 0 radical (unpaired) electrons. The molecule has 0 aromatic carbocycles. The second-order valence-corrected chi connectivity index (χ2v) is 5.25. The third kappa shape index (κ3) is 2.20. The van der Waals surface area contributed by atoms with Gasteiger partial charge < -0.3 is 10.2 Å². The van der Waals surface area contributed by atoms with Crippen LogP contribution < -0.4 is 5.32 Å². The van der Waals surface area contributed by atoms with E-state index < -0.39 is 0 Å². The first-order valence-corrected chi connectivity index (χ1v) is 6.20. The summed E-state index contributed by atoms with van der Waals surface area (Å²) in [6.45, 7) is 5.99. The van der Waals surface area contributed by atoms with Crippen LogP contribution in [0.15, 0.2) is 0 Å². The Labute approximate surface area is 96.9 Å². The van der Waals surface area contributed by atoms with Gasteiger partial charge in [0, 0.05) is 31.5 Å². The maximum absolute atomic E-state index is 11.3. The summed E-state index contributed by atoms with van der Waals surface area (Å²) in [6.07, 6.45) is 2.63. The van der Waals surface area contributed by atoms with E-state index in [1.54, 1.807) is 0 Å². The fraction of sp³-hybridized carbons (Fsp3) is 0.833. The lowest BCUT2D eigenvalue weighted by atomic mass is 9.85. The van der Waals surface area contributed by atoms with E-state index in [0.29, 0.717) is 24.3 Å². The molecule has 0 spiro atoms. The minimum absolute atomic E-state index is 0.202. The van der Waals surface area contributed by atoms with Gasteiger partial charge in [-0.2, -0.15) is 0 Å². The van der Waals surface area contributed by atoms with E-state index >= 15 is 0 Å². The molecule has 2 N–H and O–H groups in total. The Hall–Kier alpha value is -1.06. The van der Waals surface area contributed by atoms with Crippen molar-refractivity contribution in [3.8, 4) is 0 Å². The van der Waals surface area contributed by atoms with Gasteiger partial charge in [0.1, 0.15) is 0 Å². The summed E-state index contributed by atoms with van der Waals surface area (Å²) in [4.78, 5) is 13.5. The normalized spacial score (nSPS) is 29.9. The number of carbonyl (C=O) groups excluding carboxylic acids is 1. The van der Waals surface area contributed by atoms with Crippen LogP contribution in [0.1, 0.15) is 33.1 Å². The average Bonchev–Trinajstić information content (AvgIpc) is 2.27. The smallest absolute Gasteiger partial charge is 0.220 e. The molecule has 0 aromatic heterocycles. The number of amidine groups is 1. The highest BCUT2D eigenvalue weighted by molar-refractivity contribution is 5.81. The summed E-state index contributed by atoms with van der Waals surface area (Å²) >= 11 is 0. The number of nitrogens with one attached hydrogen (secondary N) is 2. The molecule has 2 unspecified atom stereocenters. The van der Waals surface area contributed by atoms with Crippen molar-refractivity contribution in [2.75, 3.05) is 13.1 Å². The van der Waals surface area contributed by atoms with Gasteiger partial charge in [-0.1, -0.05) is 13.8 Å². The average molecular weight is 223 g/mol. The number of fused-ring (bicyclic) bond motifs is 1. The number of likely N-dealkylation sites (tertiary alicyclic amines) is 1. The van der Waals surface area contributed by atoms with Gasteiger partial charge >= 0.3 is 0 Å². The number of piperidine rings is 2. The number of hydrogen-bond acceptors (Lipinski definition) is 2. The lowest BCUT2D eigenvalue weighted by Crippen LogP contribution is -2.55. The van der Waals surface area contributed by atoms with Crippen molar-refractivity contribution in [3.63, 3.8) is 0 Å². The molecule has 0 saturated carbocycles. The monoisotopic (exact) mass is 223 g/mol. The molecule has 16 heavy (non-hydrogen) atoms. The largest absolute Gasteiger partial charge is 0.360 e. The zero-order valence-electron chi connectivity index (χ0n) is 10.1. The molecule has 0 aliphatic carbocycles. The van der Waals surface area contributed by atoms with Gasteiger partial charge in [-0.05, 0) is 18.8 Å². The van der Waals surface area contributed by atoms with E-state index in [0.717, 1.165) is 31.8 Å². The van der Waals surface area contributed by atoms with Gasteiger partial charge in [0.15, 0.2) is 0 Å². The molecule has 2 fully saturated rings. The second kappa shape index (κ2) is 4.44. The van der Waals surface area contributed by atoms with Gasteiger partial charge in [0.05, 0.1) is 5.84 Å². The molecule has 2 rings (SSSR count). The van der Waals surface area contributed by atoms with Crippen LogP contribution in [0.25, 0.3) is 0 Å². The summed E-state index contributed by atoms with van der Waals surface area (Å²) in [6, 6.07) is 0.359. The molecule has 2 aliphatic rings. The van der Waals surface area contributed by atoms with Gasteiger partial charge in [-0.25, -0.2) is 0 Å². The van der Waals surface area contributed by atoms with Crippen molar-refractivity contribution < 1.29 is 4.79 Å². The third-order valence-electron chi connectivity index (χ3n) is 3.71. The highest BCUT2D eigenvalue weighted by Crippen LogP contribution is 2.26. The van der Waals surface area contributed by atoms with E-state index in [4.69, 9.17) is 5.41 Å². The Kier molecular flexibility index (Phi) is 3.17. The van der Waals surface area contributed by atoms with Crippen LogP contribution in [0.3, 0.4) is 0 Å². The number of rotatable bonds is 1. The Morgan fingerprint density at radius 2 is 2.25 bits per heavy atom. The standard InChI is InChI=1S/C12H21N3O/c1-8(2)12(13)15-6-5-10-9(7-15)3-4-11(16)14-10/h8-10,13H,3-7H2,1-2H3,(H,14,16). The third-order valence-corrected chi connectivity index (χ3v) is 3.71. The molecule has 90 valence electrons. The quantitative estimate of drug-likeness (QED) is 0.519. The van der Waals surface area contributed by atoms with Crippen molar-refractivity contribution >= 4 is 11.7 Å². The molecule has 2 atom stereocenters. The minimum Gasteiger partial charge on any atom is -0.360 e. The van der Waals surface area contributed by atoms with Gasteiger partial charge in [-0.15, -0.1) is 0 Å². The Morgan fingerprint density at radius 3 is 2.94 bits per heavy atom. The van der Waals surface area contributed by atoms with Crippen molar-refractivity contribution in [1.82, 2.24) is 10.2 Å². The van der Waals surface area contributed by atoms with Gasteiger partial charge in [-0.3, -0.25) is 10.2 Å². The number of carbonyl (C=O) groups is 1. The first-order valence-electron chi connectivity index (χ1n) is 6.20. The Bertz CT molecular complexity index is 301. The van der Waals surface area contributed by atoms with E-state index in [1.807, 2.05) is 0 Å². The van der Waals surface area contributed by atoms with Crippen molar-refractivity contribution in [2.45, 2.75) is 39.2 Å². The van der Waals surface area contributed by atoms with Crippen molar-refractivity contribution in [1.29, 1.82) is 5.41 Å². The van der Waals surface area contributed by atoms with Crippen LogP contribution in [0, 0.1) is 17.2 Å². The fourth-order valence-electron chi connectivity index (χ4n) is 2.69. The lowest BCUT2D eigenvalue weighted by molar-refractivity contribution is -0.125. The molecule has 0 aromatic rings. The van der Waals surface area contributed by atoms with Gasteiger partial charge in [0.25, 0.3) is 0 Å². The van der Waals surface area contributed by atoms with E-state index in [1.165, 1.54) is 0 Å². The predicted molar refractivity (Wildman–Crippen MR) is 63.4 cm³/mol. The molecule has 1 amide bonds. The van der Waals surface area contributed by atoms with E-state index in [-0.39, 0.29) is 5.91 Å². The van der Waals surface area contributed by atoms with Crippen molar-refractivity contribution in [2.24, 2.45) is 11.8 Å². The van der Waals surface area contributed by atoms with Crippen LogP contribution in [0.4, 0.5) is 0 Å². The Morgan fingerprint density at radius 1 is 1.50 bits per heavy atom. The molecular formula is C12H21N3O. The van der Waals surface area contributed by atoms with Crippen LogP contribution in [0.2, 0.25) is 0 Å². The molecule has 0 bridgehead atoms. The predicted octanol–water partition coefficient (Wildman–Crippen LogP) is 1.22. The zero-order chi connectivity index (χ0) is 11.7. The van der Waals surface area contributed by atoms with Crippen LogP contribution >= 0.6 is 0 Å². The Balaban J connectivity index is 1.95. The SMILES string of the molecule is CC(C)C(=N)N1CCC2NC(=O)CCC2C1. The highest BCUT2D eigenvalue weighted by atomic mass is 16.1. The minimum atomic E-state index is 0.202. The summed E-state index contributed by atoms with van der Waals surface area (Å²) in [5, 5.41) is 11.1. The number of amides is 1. The van der Waals surface area contributed by atoms with E-state index in [2.05, 4.69) is 24.1 Å². The van der Waals surface area contributed by atoms with Crippen molar-refractivity contribution in [3.05, 3.63) is 0 Å². The first-order chi connectivity index (χ1) is 7.58. The van der Waals surface area contributed by atoms with Gasteiger partial charge in [0.2, 0.25) is 5.91 Å². The second-order valence-electron chi connectivity index (χ2n) is 5.25. The maximum Gasteiger partial charge on any atom is 0.220 e. The topological polar surface area (TPSA) is 56.2 Å².